The molecule has 1 aromatic carbocycles. The summed E-state index contributed by atoms with van der Waals surface area (Å²) >= 11 is 0. The highest BCUT2D eigenvalue weighted by atomic mass is 19.4. The van der Waals surface area contributed by atoms with Gasteiger partial charge in [-0.25, -0.2) is 4.98 Å². The molecule has 0 fully saturated rings. The third kappa shape index (κ3) is 2.44. The summed E-state index contributed by atoms with van der Waals surface area (Å²) in [6, 6.07) is 5.48. The van der Waals surface area contributed by atoms with Crippen molar-refractivity contribution < 1.29 is 18.3 Å². The first-order valence-corrected chi connectivity index (χ1v) is 6.85. The Morgan fingerprint density at radius 2 is 2.05 bits per heavy atom. The average Bonchev–Trinajstić information content (AvgIpc) is 2.90. The first-order chi connectivity index (χ1) is 10.0. The van der Waals surface area contributed by atoms with Gasteiger partial charge in [0.25, 0.3) is 0 Å². The Bertz CT molecular complexity index is 649. The first kappa shape index (κ1) is 14.1. The lowest BCUT2D eigenvalue weighted by atomic mass is 9.97. The van der Waals surface area contributed by atoms with E-state index >= 15 is 0 Å². The van der Waals surface area contributed by atoms with Crippen LogP contribution in [0.5, 0.6) is 0 Å². The fourth-order valence-electron chi connectivity index (χ4n) is 2.92. The summed E-state index contributed by atoms with van der Waals surface area (Å²) in [7, 11) is 0. The zero-order valence-corrected chi connectivity index (χ0v) is 11.3. The zero-order valence-electron chi connectivity index (χ0n) is 11.3. The molecule has 1 aromatic heterocycles. The molecule has 112 valence electrons. The van der Waals surface area contributed by atoms with Crippen LogP contribution in [-0.2, 0) is 12.7 Å². The number of aliphatic hydroxyl groups excluding tert-OH is 1. The van der Waals surface area contributed by atoms with E-state index < -0.39 is 11.7 Å². The number of rotatable bonds is 2. The van der Waals surface area contributed by atoms with Crippen molar-refractivity contribution in [3.05, 3.63) is 41.7 Å². The standard InChI is InChI=1S/C15H15F3N2O/c16-15(17,18)12-6-2-1-5-11(12)14-19-8-13-10(9-21)4-3-7-20(13)14/h1-2,5-6,8,10,21H,3-4,7,9H2. The lowest BCUT2D eigenvalue weighted by molar-refractivity contribution is -0.137. The number of benzene rings is 1. The average molecular weight is 296 g/mol. The molecule has 2 heterocycles. The second-order valence-electron chi connectivity index (χ2n) is 5.22. The monoisotopic (exact) mass is 296 g/mol. The van der Waals surface area contributed by atoms with Gasteiger partial charge in [-0.15, -0.1) is 0 Å². The minimum absolute atomic E-state index is 0.00789. The van der Waals surface area contributed by atoms with E-state index in [4.69, 9.17) is 0 Å². The molecule has 0 spiro atoms. The molecule has 0 saturated heterocycles. The Balaban J connectivity index is 2.13. The Labute approximate surface area is 120 Å². The van der Waals surface area contributed by atoms with Gasteiger partial charge in [-0.2, -0.15) is 13.2 Å². The Kier molecular flexibility index (Phi) is 3.49. The smallest absolute Gasteiger partial charge is 0.396 e. The topological polar surface area (TPSA) is 38.0 Å². The molecule has 0 amide bonds. The second-order valence-corrected chi connectivity index (χ2v) is 5.22. The van der Waals surface area contributed by atoms with Crippen molar-refractivity contribution in [3.8, 4) is 11.4 Å². The maximum absolute atomic E-state index is 13.1. The molecule has 3 nitrogen and oxygen atoms in total. The number of halogens is 3. The number of imidazole rings is 1. The molecule has 3 rings (SSSR count). The highest BCUT2D eigenvalue weighted by Gasteiger charge is 2.35. The molecule has 0 saturated carbocycles. The van der Waals surface area contributed by atoms with Crippen LogP contribution in [0.4, 0.5) is 13.2 Å². The molecule has 1 atom stereocenters. The second kappa shape index (κ2) is 5.18. The van der Waals surface area contributed by atoms with Gasteiger partial charge >= 0.3 is 6.18 Å². The van der Waals surface area contributed by atoms with Gasteiger partial charge in [0.1, 0.15) is 5.82 Å². The molecule has 1 unspecified atom stereocenters. The SMILES string of the molecule is OCC1CCCn2c1cnc2-c1ccccc1C(F)(F)F. The van der Waals surface area contributed by atoms with E-state index in [9.17, 15) is 18.3 Å². The lowest BCUT2D eigenvalue weighted by Gasteiger charge is -2.24. The van der Waals surface area contributed by atoms with Gasteiger partial charge < -0.3 is 9.67 Å². The quantitative estimate of drug-likeness (QED) is 0.922. The fourth-order valence-corrected chi connectivity index (χ4v) is 2.92. The van der Waals surface area contributed by atoms with Gasteiger partial charge in [0.2, 0.25) is 0 Å². The number of alkyl halides is 3. The predicted octanol–water partition coefficient (Wildman–Crippen LogP) is 3.44. The lowest BCUT2D eigenvalue weighted by Crippen LogP contribution is -2.19. The number of aliphatic hydroxyl groups is 1. The van der Waals surface area contributed by atoms with Crippen LogP contribution in [0.2, 0.25) is 0 Å². The van der Waals surface area contributed by atoms with Crippen LogP contribution in [0.3, 0.4) is 0 Å². The number of hydrogen-bond acceptors (Lipinski definition) is 2. The Hall–Kier alpha value is -1.82. The molecule has 0 radical (unpaired) electrons. The van der Waals surface area contributed by atoms with Crippen LogP contribution in [0, 0.1) is 0 Å². The molecule has 2 aromatic rings. The third-order valence-corrected chi connectivity index (χ3v) is 3.93. The van der Waals surface area contributed by atoms with Crippen LogP contribution in [0.15, 0.2) is 30.5 Å². The van der Waals surface area contributed by atoms with Crippen molar-refractivity contribution in [1.82, 2.24) is 9.55 Å². The minimum Gasteiger partial charge on any atom is -0.396 e. The predicted molar refractivity (Wildman–Crippen MR) is 71.7 cm³/mol. The van der Waals surface area contributed by atoms with Gasteiger partial charge in [0.05, 0.1) is 12.2 Å². The highest BCUT2D eigenvalue weighted by molar-refractivity contribution is 5.62. The first-order valence-electron chi connectivity index (χ1n) is 6.85. The molecule has 21 heavy (non-hydrogen) atoms. The third-order valence-electron chi connectivity index (χ3n) is 3.93. The van der Waals surface area contributed by atoms with Crippen molar-refractivity contribution >= 4 is 0 Å². The summed E-state index contributed by atoms with van der Waals surface area (Å²) in [6.07, 6.45) is -1.16. The largest absolute Gasteiger partial charge is 0.417 e. The maximum atomic E-state index is 13.1. The van der Waals surface area contributed by atoms with Crippen molar-refractivity contribution in [2.45, 2.75) is 31.5 Å². The number of hydrogen-bond donors (Lipinski definition) is 1. The molecule has 6 heteroatoms. The van der Waals surface area contributed by atoms with E-state index in [1.165, 1.54) is 12.1 Å². The van der Waals surface area contributed by atoms with Gasteiger partial charge in [0.15, 0.2) is 0 Å². The molecular formula is C15H15F3N2O. The molecule has 1 aliphatic rings. The van der Waals surface area contributed by atoms with Crippen LogP contribution < -0.4 is 0 Å². The van der Waals surface area contributed by atoms with Crippen LogP contribution >= 0.6 is 0 Å². The Morgan fingerprint density at radius 3 is 2.76 bits per heavy atom. The molecule has 0 aliphatic carbocycles. The van der Waals surface area contributed by atoms with Crippen molar-refractivity contribution in [1.29, 1.82) is 0 Å². The summed E-state index contributed by atoms with van der Waals surface area (Å²) in [4.78, 5) is 4.19. The van der Waals surface area contributed by atoms with Crippen molar-refractivity contribution in [3.63, 3.8) is 0 Å². The van der Waals surface area contributed by atoms with Gasteiger partial charge in [0, 0.05) is 29.9 Å². The van der Waals surface area contributed by atoms with E-state index in [0.717, 1.165) is 24.6 Å². The van der Waals surface area contributed by atoms with Crippen molar-refractivity contribution in [2.24, 2.45) is 0 Å². The van der Waals surface area contributed by atoms with E-state index in [1.807, 2.05) is 0 Å². The van der Waals surface area contributed by atoms with Crippen LogP contribution in [0.25, 0.3) is 11.4 Å². The zero-order chi connectivity index (χ0) is 15.0. The summed E-state index contributed by atoms with van der Waals surface area (Å²) in [5.74, 6) is 0.286. The van der Waals surface area contributed by atoms with Gasteiger partial charge in [-0.05, 0) is 18.9 Å². The van der Waals surface area contributed by atoms with E-state index in [1.54, 1.807) is 16.8 Å². The molecule has 1 N–H and O–H groups in total. The number of fused-ring (bicyclic) bond motifs is 1. The van der Waals surface area contributed by atoms with Gasteiger partial charge in [-0.1, -0.05) is 18.2 Å². The van der Waals surface area contributed by atoms with Crippen LogP contribution in [0.1, 0.15) is 30.0 Å². The molecule has 0 bridgehead atoms. The number of aromatic nitrogens is 2. The van der Waals surface area contributed by atoms with E-state index in [0.29, 0.717) is 12.4 Å². The summed E-state index contributed by atoms with van der Waals surface area (Å²) < 4.78 is 41.2. The Morgan fingerprint density at radius 1 is 1.29 bits per heavy atom. The summed E-state index contributed by atoms with van der Waals surface area (Å²) in [5, 5.41) is 9.38. The summed E-state index contributed by atoms with van der Waals surface area (Å²) in [6.45, 7) is 0.624. The van der Waals surface area contributed by atoms with E-state index in [2.05, 4.69) is 4.98 Å². The highest BCUT2D eigenvalue weighted by Crippen LogP contribution is 2.38. The normalized spacial score (nSPS) is 18.6. The molecule has 1 aliphatic heterocycles. The van der Waals surface area contributed by atoms with Crippen LogP contribution in [-0.4, -0.2) is 21.3 Å². The van der Waals surface area contributed by atoms with Crippen molar-refractivity contribution in [2.75, 3.05) is 6.61 Å². The maximum Gasteiger partial charge on any atom is 0.417 e. The molecular weight excluding hydrogens is 281 g/mol. The number of nitrogens with zero attached hydrogens (tertiary/aromatic N) is 2. The summed E-state index contributed by atoms with van der Waals surface area (Å²) in [5.41, 5.74) is 0.232. The van der Waals surface area contributed by atoms with Gasteiger partial charge in [-0.3, -0.25) is 0 Å². The minimum atomic E-state index is -4.41. The fraction of sp³-hybridized carbons (Fsp3) is 0.400. The van der Waals surface area contributed by atoms with E-state index in [-0.39, 0.29) is 18.1 Å².